The quantitative estimate of drug-likeness (QED) is 0.318. The number of phenols is 1. The molecule has 35 heavy (non-hydrogen) atoms. The maximum atomic E-state index is 13.5. The van der Waals surface area contributed by atoms with E-state index in [1.54, 1.807) is 44.2 Å². The number of nitrogens with zero attached hydrogens (tertiary/aromatic N) is 2. The highest BCUT2D eigenvalue weighted by atomic mass is 35.5. The number of aromatic nitrogens is 1. The monoisotopic (exact) mass is 510 g/mol. The van der Waals surface area contributed by atoms with Gasteiger partial charge in [0.25, 0.3) is 5.91 Å². The highest BCUT2D eigenvalue weighted by Crippen LogP contribution is 2.45. The van der Waals surface area contributed by atoms with Crippen LogP contribution in [0.15, 0.2) is 64.3 Å². The summed E-state index contributed by atoms with van der Waals surface area (Å²) >= 11 is 7.32. The van der Waals surface area contributed by atoms with Crippen LogP contribution < -0.4 is 9.64 Å². The number of thiazole rings is 1. The average Bonchev–Trinajstić information content (AvgIpc) is 3.51. The summed E-state index contributed by atoms with van der Waals surface area (Å²) in [6, 6.07) is 11.7. The fraction of sp³-hybridized carbons (Fsp3) is 0.160. The predicted octanol–water partition coefficient (Wildman–Crippen LogP) is 5.74. The molecule has 4 aromatic rings. The molecule has 0 aliphatic carbocycles. The molecule has 8 nitrogen and oxygen atoms in total. The van der Waals surface area contributed by atoms with E-state index in [0.717, 1.165) is 4.70 Å². The number of ketones is 1. The topological polar surface area (TPSA) is 113 Å². The Morgan fingerprint density at radius 3 is 2.71 bits per heavy atom. The molecule has 0 bridgehead atoms. The predicted molar refractivity (Wildman–Crippen MR) is 132 cm³/mol. The molecule has 1 unspecified atom stereocenters. The van der Waals surface area contributed by atoms with Gasteiger partial charge in [0.2, 0.25) is 5.78 Å². The number of fused-ring (bicyclic) bond motifs is 1. The molecule has 0 saturated heterocycles. The molecule has 1 atom stereocenters. The molecular formula is C25H19ClN2O6S. The van der Waals surface area contributed by atoms with Crippen LogP contribution in [-0.2, 0) is 4.79 Å². The van der Waals surface area contributed by atoms with Gasteiger partial charge in [-0.3, -0.25) is 14.5 Å². The third-order valence-electron chi connectivity index (χ3n) is 5.56. The minimum atomic E-state index is -1.05. The molecule has 3 heterocycles. The fourth-order valence-corrected chi connectivity index (χ4v) is 5.27. The summed E-state index contributed by atoms with van der Waals surface area (Å²) in [4.78, 5) is 32.6. The van der Waals surface area contributed by atoms with Crippen LogP contribution >= 0.6 is 22.9 Å². The van der Waals surface area contributed by atoms with Crippen molar-refractivity contribution in [3.05, 3.63) is 82.0 Å². The van der Waals surface area contributed by atoms with E-state index in [4.69, 9.17) is 20.8 Å². The van der Waals surface area contributed by atoms with Gasteiger partial charge in [0, 0.05) is 5.02 Å². The van der Waals surface area contributed by atoms with Crippen molar-refractivity contribution in [2.24, 2.45) is 0 Å². The summed E-state index contributed by atoms with van der Waals surface area (Å²) < 4.78 is 11.7. The average molecular weight is 511 g/mol. The minimum Gasteiger partial charge on any atom is -0.504 e. The summed E-state index contributed by atoms with van der Waals surface area (Å²) in [6.45, 7) is 3.75. The Hall–Kier alpha value is -3.82. The number of Topliss-reactive ketones (excluding diaryl/α,β-unsaturated/α-hetero) is 1. The third-order valence-corrected chi connectivity index (χ3v) is 6.81. The Labute approximate surface area is 208 Å². The second-order valence-electron chi connectivity index (χ2n) is 7.85. The molecule has 2 aromatic carbocycles. The molecule has 1 amide bonds. The number of anilines is 1. The van der Waals surface area contributed by atoms with Crippen molar-refractivity contribution in [3.8, 4) is 11.5 Å². The lowest BCUT2D eigenvalue weighted by Crippen LogP contribution is -2.31. The van der Waals surface area contributed by atoms with Gasteiger partial charge >= 0.3 is 0 Å². The van der Waals surface area contributed by atoms with Gasteiger partial charge in [0.15, 0.2) is 28.1 Å². The first-order chi connectivity index (χ1) is 16.8. The molecule has 2 N–H and O–H groups in total. The van der Waals surface area contributed by atoms with Crippen LogP contribution in [0.25, 0.3) is 10.2 Å². The zero-order chi connectivity index (χ0) is 24.9. The van der Waals surface area contributed by atoms with Crippen molar-refractivity contribution >= 4 is 50.0 Å². The van der Waals surface area contributed by atoms with Gasteiger partial charge in [0.05, 0.1) is 28.4 Å². The van der Waals surface area contributed by atoms with Crippen LogP contribution in [-0.4, -0.2) is 33.5 Å². The summed E-state index contributed by atoms with van der Waals surface area (Å²) in [5.74, 6) is -1.52. The van der Waals surface area contributed by atoms with Gasteiger partial charge in [-0.05, 0) is 61.9 Å². The van der Waals surface area contributed by atoms with E-state index < -0.39 is 23.5 Å². The number of amides is 1. The number of aryl methyl sites for hydroxylation is 1. The molecule has 5 rings (SSSR count). The SMILES string of the molecule is CCOc1cc(C2C(C(=O)c3ccc(C)o3)=C(O)C(=O)N2c2nc3ccc(Cl)cc3s2)ccc1O. The number of halogens is 1. The van der Waals surface area contributed by atoms with E-state index in [-0.39, 0.29) is 28.0 Å². The molecule has 10 heteroatoms. The molecule has 0 radical (unpaired) electrons. The summed E-state index contributed by atoms with van der Waals surface area (Å²) in [6.07, 6.45) is 0. The van der Waals surface area contributed by atoms with E-state index >= 15 is 0 Å². The first-order valence-corrected chi connectivity index (χ1v) is 11.9. The Morgan fingerprint density at radius 1 is 1.20 bits per heavy atom. The highest BCUT2D eigenvalue weighted by molar-refractivity contribution is 7.22. The number of hydrogen-bond donors (Lipinski definition) is 2. The zero-order valence-corrected chi connectivity index (χ0v) is 20.2. The summed E-state index contributed by atoms with van der Waals surface area (Å²) in [5.41, 5.74) is 0.893. The number of aromatic hydroxyl groups is 1. The summed E-state index contributed by atoms with van der Waals surface area (Å²) in [7, 11) is 0. The van der Waals surface area contributed by atoms with Crippen LogP contribution in [0.3, 0.4) is 0 Å². The number of aliphatic hydroxyl groups excluding tert-OH is 1. The smallest absolute Gasteiger partial charge is 0.296 e. The highest BCUT2D eigenvalue weighted by Gasteiger charge is 2.46. The number of carbonyl (C=O) groups is 2. The van der Waals surface area contributed by atoms with Gasteiger partial charge in [-0.15, -0.1) is 0 Å². The first kappa shape index (κ1) is 22.9. The van der Waals surface area contributed by atoms with Gasteiger partial charge < -0.3 is 19.4 Å². The molecular weight excluding hydrogens is 492 g/mol. The number of phenolic OH excluding ortho intramolecular Hbond substituents is 1. The molecule has 0 spiro atoms. The van der Waals surface area contributed by atoms with E-state index in [1.807, 2.05) is 0 Å². The van der Waals surface area contributed by atoms with Gasteiger partial charge in [0.1, 0.15) is 5.76 Å². The van der Waals surface area contributed by atoms with Gasteiger partial charge in [-0.1, -0.05) is 29.0 Å². The second-order valence-corrected chi connectivity index (χ2v) is 9.29. The Bertz CT molecular complexity index is 1520. The second kappa shape index (κ2) is 8.75. The van der Waals surface area contributed by atoms with Crippen molar-refractivity contribution in [1.29, 1.82) is 0 Å². The number of furan rings is 1. The molecule has 1 aliphatic rings. The van der Waals surface area contributed by atoms with Gasteiger partial charge in [-0.25, -0.2) is 4.98 Å². The summed E-state index contributed by atoms with van der Waals surface area (Å²) in [5, 5.41) is 21.9. The number of ether oxygens (including phenoxy) is 1. The fourth-order valence-electron chi connectivity index (χ4n) is 4.00. The van der Waals surface area contributed by atoms with Crippen molar-refractivity contribution in [1.82, 2.24) is 4.98 Å². The standard InChI is InChI=1S/C25H19ClN2O6S/c1-3-33-18-10-13(5-8-16(18)29)21-20(22(30)17-9-4-12(2)34-17)23(31)24(32)28(21)25-27-15-7-6-14(26)11-19(15)35-25/h4-11,21,29,31H,3H2,1-2H3. The lowest BCUT2D eigenvalue weighted by Gasteiger charge is -2.24. The molecule has 178 valence electrons. The first-order valence-electron chi connectivity index (χ1n) is 10.7. The van der Waals surface area contributed by atoms with Crippen LogP contribution in [0, 0.1) is 6.92 Å². The van der Waals surface area contributed by atoms with Crippen LogP contribution in [0.5, 0.6) is 11.5 Å². The lowest BCUT2D eigenvalue weighted by atomic mass is 9.95. The normalized spacial score (nSPS) is 15.9. The van der Waals surface area contributed by atoms with Gasteiger partial charge in [-0.2, -0.15) is 0 Å². The Balaban J connectivity index is 1.69. The number of carbonyl (C=O) groups excluding carboxylic acids is 2. The maximum Gasteiger partial charge on any atom is 0.296 e. The van der Waals surface area contributed by atoms with Crippen LogP contribution in [0.4, 0.5) is 5.13 Å². The van der Waals surface area contributed by atoms with Crippen molar-refractivity contribution in [2.75, 3.05) is 11.5 Å². The maximum absolute atomic E-state index is 13.5. The Kier molecular flexibility index (Phi) is 5.74. The van der Waals surface area contributed by atoms with E-state index in [2.05, 4.69) is 4.98 Å². The van der Waals surface area contributed by atoms with E-state index in [1.165, 1.54) is 34.4 Å². The molecule has 0 fully saturated rings. The lowest BCUT2D eigenvalue weighted by molar-refractivity contribution is -0.117. The number of hydrogen-bond acceptors (Lipinski definition) is 8. The largest absolute Gasteiger partial charge is 0.504 e. The van der Waals surface area contributed by atoms with E-state index in [9.17, 15) is 19.8 Å². The number of rotatable bonds is 6. The van der Waals surface area contributed by atoms with Crippen LogP contribution in [0.2, 0.25) is 5.02 Å². The molecule has 2 aromatic heterocycles. The zero-order valence-electron chi connectivity index (χ0n) is 18.6. The van der Waals surface area contributed by atoms with Crippen LogP contribution in [0.1, 0.15) is 34.8 Å². The van der Waals surface area contributed by atoms with Crippen molar-refractivity contribution in [2.45, 2.75) is 19.9 Å². The third kappa shape index (κ3) is 3.92. The number of benzene rings is 2. The number of aliphatic hydroxyl groups is 1. The van der Waals surface area contributed by atoms with Crippen molar-refractivity contribution in [3.63, 3.8) is 0 Å². The molecule has 0 saturated carbocycles. The Morgan fingerprint density at radius 2 is 2.00 bits per heavy atom. The van der Waals surface area contributed by atoms with Crippen molar-refractivity contribution < 1.29 is 29.0 Å². The molecule has 1 aliphatic heterocycles. The minimum absolute atomic E-state index is 0.0106. The van der Waals surface area contributed by atoms with E-state index in [0.29, 0.717) is 28.5 Å².